The first-order chi connectivity index (χ1) is 22.6. The first kappa shape index (κ1) is 32.2. The number of anilines is 2. The molecule has 1 N–H and O–H groups in total. The largest absolute Gasteiger partial charge is 0.494 e. The molecule has 4 aromatic heterocycles. The number of para-hydroxylation sites is 1. The lowest BCUT2D eigenvalue weighted by Gasteiger charge is -2.32. The Bertz CT molecular complexity index is 2050. The van der Waals surface area contributed by atoms with Crippen LogP contribution in [0, 0.1) is 27.7 Å². The number of fused-ring (bicyclic) bond motifs is 1. The number of nitrogens with one attached hydrogen (secondary N) is 1. The van der Waals surface area contributed by atoms with Crippen LogP contribution in [0.5, 0.6) is 5.75 Å². The van der Waals surface area contributed by atoms with Gasteiger partial charge in [-0.1, -0.05) is 25.1 Å². The lowest BCUT2D eigenvalue weighted by molar-refractivity contribution is 0.412. The minimum Gasteiger partial charge on any atom is -0.494 e. The second-order valence-corrected chi connectivity index (χ2v) is 14.3. The molecule has 5 aromatic rings. The second-order valence-electron chi connectivity index (χ2n) is 12.0. The van der Waals surface area contributed by atoms with Crippen LogP contribution in [0.3, 0.4) is 0 Å². The predicted molar refractivity (Wildman–Crippen MR) is 189 cm³/mol. The second kappa shape index (κ2) is 13.2. The maximum atomic E-state index is 12.4. The van der Waals surface area contributed by atoms with Crippen LogP contribution in [0.2, 0.25) is 0 Å². The van der Waals surface area contributed by atoms with Gasteiger partial charge in [0.25, 0.3) is 0 Å². The summed E-state index contributed by atoms with van der Waals surface area (Å²) in [5.74, 6) is 2.96. The van der Waals surface area contributed by atoms with Crippen LogP contribution in [-0.4, -0.2) is 64.6 Å². The van der Waals surface area contributed by atoms with E-state index < -0.39 is 9.84 Å². The van der Waals surface area contributed by atoms with Crippen molar-refractivity contribution in [3.05, 3.63) is 94.2 Å². The SMILES string of the molecule is CCC(Nc1nc(-n2c(C)ccc2C)nc(C)c1/C=C/c1ncccc1OC)c1cc2cccc(C)c2nc1N1CCS(=O)(=O)CC1. The van der Waals surface area contributed by atoms with E-state index >= 15 is 0 Å². The molecule has 11 heteroatoms. The van der Waals surface area contributed by atoms with Crippen molar-refractivity contribution in [2.75, 3.05) is 41.9 Å². The van der Waals surface area contributed by atoms with Crippen LogP contribution in [0.1, 0.15) is 58.9 Å². The first-order valence-corrected chi connectivity index (χ1v) is 17.7. The van der Waals surface area contributed by atoms with Crippen molar-refractivity contribution < 1.29 is 13.2 Å². The summed E-state index contributed by atoms with van der Waals surface area (Å²) in [6.07, 6.45) is 6.37. The molecule has 1 atom stereocenters. The number of methoxy groups -OCH3 is 1. The van der Waals surface area contributed by atoms with Gasteiger partial charge >= 0.3 is 0 Å². The molecular formula is C36H41N7O3S. The van der Waals surface area contributed by atoms with Gasteiger partial charge in [0.1, 0.15) is 23.1 Å². The zero-order valence-electron chi connectivity index (χ0n) is 27.8. The van der Waals surface area contributed by atoms with Crippen molar-refractivity contribution in [3.63, 3.8) is 0 Å². The number of aryl methyl sites for hydroxylation is 4. The molecule has 1 fully saturated rings. The number of ether oxygens (including phenoxy) is 1. The molecule has 0 bridgehead atoms. The molecule has 5 heterocycles. The van der Waals surface area contributed by atoms with Crippen LogP contribution in [0.15, 0.2) is 54.7 Å². The topological polar surface area (TPSA) is 115 Å². The van der Waals surface area contributed by atoms with Gasteiger partial charge in [-0.2, -0.15) is 4.98 Å². The highest BCUT2D eigenvalue weighted by Gasteiger charge is 2.28. The van der Waals surface area contributed by atoms with E-state index in [2.05, 4.69) is 59.4 Å². The molecule has 1 aromatic carbocycles. The molecule has 0 amide bonds. The van der Waals surface area contributed by atoms with Gasteiger partial charge in [-0.25, -0.2) is 18.4 Å². The van der Waals surface area contributed by atoms with Crippen LogP contribution >= 0.6 is 0 Å². The number of hydrogen-bond acceptors (Lipinski definition) is 9. The third-order valence-corrected chi connectivity index (χ3v) is 10.4. The first-order valence-electron chi connectivity index (χ1n) is 15.9. The lowest BCUT2D eigenvalue weighted by atomic mass is 10.00. The number of nitrogens with zero attached hydrogens (tertiary/aromatic N) is 6. The highest BCUT2D eigenvalue weighted by atomic mass is 32.2. The molecule has 1 aliphatic rings. The van der Waals surface area contributed by atoms with Crippen molar-refractivity contribution in [2.24, 2.45) is 0 Å². The van der Waals surface area contributed by atoms with Gasteiger partial charge in [0, 0.05) is 47.2 Å². The molecule has 244 valence electrons. The molecule has 0 spiro atoms. The molecule has 1 aliphatic heterocycles. The van der Waals surface area contributed by atoms with E-state index in [4.69, 9.17) is 19.7 Å². The van der Waals surface area contributed by atoms with Crippen molar-refractivity contribution in [2.45, 2.75) is 47.1 Å². The Morgan fingerprint density at radius 2 is 1.70 bits per heavy atom. The number of sulfone groups is 1. The van der Waals surface area contributed by atoms with Crippen LogP contribution < -0.4 is 15.0 Å². The molecule has 10 nitrogen and oxygen atoms in total. The van der Waals surface area contributed by atoms with E-state index in [-0.39, 0.29) is 17.5 Å². The van der Waals surface area contributed by atoms with Gasteiger partial charge in [0.05, 0.1) is 35.9 Å². The third kappa shape index (κ3) is 6.58. The van der Waals surface area contributed by atoms with Crippen LogP contribution in [0.4, 0.5) is 11.6 Å². The van der Waals surface area contributed by atoms with E-state index in [1.807, 2.05) is 55.7 Å². The van der Waals surface area contributed by atoms with Crippen LogP contribution in [-0.2, 0) is 9.84 Å². The number of pyridine rings is 2. The molecule has 0 radical (unpaired) electrons. The van der Waals surface area contributed by atoms with Gasteiger partial charge in [0.15, 0.2) is 9.84 Å². The van der Waals surface area contributed by atoms with E-state index in [0.29, 0.717) is 36.3 Å². The Labute approximate surface area is 276 Å². The Hall–Kier alpha value is -4.77. The van der Waals surface area contributed by atoms with Gasteiger partial charge in [-0.15, -0.1) is 0 Å². The van der Waals surface area contributed by atoms with E-state index in [9.17, 15) is 8.42 Å². The summed E-state index contributed by atoms with van der Waals surface area (Å²) >= 11 is 0. The number of hydrogen-bond donors (Lipinski definition) is 1. The normalized spacial score (nSPS) is 15.3. The zero-order valence-corrected chi connectivity index (χ0v) is 28.6. The maximum absolute atomic E-state index is 12.4. The minimum atomic E-state index is -3.07. The molecule has 0 saturated carbocycles. The van der Waals surface area contributed by atoms with Crippen molar-refractivity contribution >= 4 is 44.5 Å². The summed E-state index contributed by atoms with van der Waals surface area (Å²) in [5.41, 5.74) is 7.41. The fraction of sp³-hybridized carbons (Fsp3) is 0.333. The Kier molecular flexibility index (Phi) is 9.01. The Balaban J connectivity index is 1.49. The third-order valence-electron chi connectivity index (χ3n) is 8.82. The number of rotatable bonds is 9. The van der Waals surface area contributed by atoms with E-state index in [0.717, 1.165) is 56.9 Å². The van der Waals surface area contributed by atoms with E-state index in [1.54, 1.807) is 13.3 Å². The standard InChI is InChI=1S/C36H41N7O3S/c1-7-30(29-22-27-11-8-10-23(2)33(27)40-35(29)42-18-20-47(44,45)21-19-42)39-34-28(15-16-31-32(46-6)12-9-17-37-31)26(5)38-36(41-34)43-24(3)13-14-25(43)4/h8-17,22,30H,7,18-21H2,1-6H3,(H,38,39,41)/b16-15+. The summed E-state index contributed by atoms with van der Waals surface area (Å²) < 4.78 is 32.3. The average Bonchev–Trinajstić information content (AvgIpc) is 3.40. The van der Waals surface area contributed by atoms with E-state index in [1.165, 1.54) is 0 Å². The summed E-state index contributed by atoms with van der Waals surface area (Å²) in [6, 6.07) is 16.0. The predicted octanol–water partition coefficient (Wildman–Crippen LogP) is 6.42. The number of benzene rings is 1. The summed E-state index contributed by atoms with van der Waals surface area (Å²) in [7, 11) is -1.43. The molecular weight excluding hydrogens is 611 g/mol. The Morgan fingerprint density at radius 1 is 0.957 bits per heavy atom. The molecule has 47 heavy (non-hydrogen) atoms. The van der Waals surface area contributed by atoms with Gasteiger partial charge in [0.2, 0.25) is 5.95 Å². The molecule has 6 rings (SSSR count). The van der Waals surface area contributed by atoms with Crippen LogP contribution in [0.25, 0.3) is 29.0 Å². The van der Waals surface area contributed by atoms with Crippen molar-refractivity contribution in [1.82, 2.24) is 24.5 Å². The highest BCUT2D eigenvalue weighted by Crippen LogP contribution is 2.35. The maximum Gasteiger partial charge on any atom is 0.236 e. The summed E-state index contributed by atoms with van der Waals surface area (Å²) in [4.78, 5) is 21.9. The molecule has 1 saturated heterocycles. The van der Waals surface area contributed by atoms with Crippen molar-refractivity contribution in [3.8, 4) is 11.7 Å². The minimum absolute atomic E-state index is 0.111. The summed E-state index contributed by atoms with van der Waals surface area (Å²) in [6.45, 7) is 11.1. The zero-order chi connectivity index (χ0) is 33.3. The molecule has 1 unspecified atom stereocenters. The smallest absolute Gasteiger partial charge is 0.236 e. The van der Waals surface area contributed by atoms with Gasteiger partial charge in [-0.05, 0) is 82.2 Å². The highest BCUT2D eigenvalue weighted by molar-refractivity contribution is 7.91. The molecule has 0 aliphatic carbocycles. The summed E-state index contributed by atoms with van der Waals surface area (Å²) in [5, 5.41) is 4.82. The fourth-order valence-corrected chi connectivity index (χ4v) is 7.38. The van der Waals surface area contributed by atoms with Gasteiger partial charge in [-0.3, -0.25) is 9.55 Å². The fourth-order valence-electron chi connectivity index (χ4n) is 6.18. The quantitative estimate of drug-likeness (QED) is 0.193. The van der Waals surface area contributed by atoms with Crippen molar-refractivity contribution in [1.29, 1.82) is 0 Å². The lowest BCUT2D eigenvalue weighted by Crippen LogP contribution is -2.41. The average molecular weight is 652 g/mol. The monoisotopic (exact) mass is 651 g/mol. The Morgan fingerprint density at radius 3 is 2.40 bits per heavy atom. The van der Waals surface area contributed by atoms with Gasteiger partial charge < -0.3 is 15.0 Å². The number of aromatic nitrogens is 5.